The van der Waals surface area contributed by atoms with Gasteiger partial charge in [0, 0.05) is 4.88 Å². The highest BCUT2D eigenvalue weighted by Gasteiger charge is 2.04. The second kappa shape index (κ2) is 2.29. The number of amides is 1. The maximum Gasteiger partial charge on any atom is 0.351 e. The number of hydrogen-bond donors (Lipinski definition) is 1. The lowest BCUT2D eigenvalue weighted by molar-refractivity contribution is -0.254. The van der Waals surface area contributed by atoms with E-state index in [1.807, 2.05) is 13.0 Å². The predicted molar refractivity (Wildman–Crippen MR) is 36.3 cm³/mol. The Morgan fingerprint density at radius 1 is 1.67 bits per heavy atom. The van der Waals surface area contributed by atoms with Crippen molar-refractivity contribution in [2.45, 2.75) is 6.92 Å². The van der Waals surface area contributed by atoms with Crippen LogP contribution in [0.5, 0.6) is 0 Å². The summed E-state index contributed by atoms with van der Waals surface area (Å²) in [5.74, 6) is -0.0897. The molecule has 48 valence electrons. The monoisotopic (exact) mass is 142 g/mol. The standard InChI is InChI=1S/C6H7NOS/c1-4-2-3-5(9-4)6(7)8/h2-3H,1H3,(H2,7,8)/p+1. The van der Waals surface area contributed by atoms with E-state index < -0.39 is 0 Å². The molecule has 1 heterocycles. The first-order chi connectivity index (χ1) is 4.20. The second-order valence-electron chi connectivity index (χ2n) is 1.83. The molecule has 0 fully saturated rings. The van der Waals surface area contributed by atoms with Crippen LogP contribution in [0.1, 0.15) is 14.5 Å². The van der Waals surface area contributed by atoms with E-state index in [2.05, 4.69) is 5.73 Å². The van der Waals surface area contributed by atoms with Gasteiger partial charge >= 0.3 is 5.91 Å². The number of carbonyl (C=O) groups is 1. The number of hydrogen-bond acceptors (Lipinski definition) is 2. The Balaban J connectivity index is 2.98. The van der Waals surface area contributed by atoms with E-state index in [9.17, 15) is 4.79 Å². The van der Waals surface area contributed by atoms with Crippen LogP contribution in [-0.4, -0.2) is 5.91 Å². The summed E-state index contributed by atoms with van der Waals surface area (Å²) >= 11 is 1.48. The van der Waals surface area contributed by atoms with Crippen LogP contribution in [0.4, 0.5) is 0 Å². The Labute approximate surface area is 57.3 Å². The fourth-order valence-corrected chi connectivity index (χ4v) is 1.32. The van der Waals surface area contributed by atoms with E-state index in [0.717, 1.165) is 9.75 Å². The summed E-state index contributed by atoms with van der Waals surface area (Å²) in [7, 11) is 0. The molecule has 0 aliphatic rings. The van der Waals surface area contributed by atoms with Crippen molar-refractivity contribution in [3.05, 3.63) is 21.9 Å². The zero-order valence-electron chi connectivity index (χ0n) is 5.18. The molecule has 0 aliphatic heterocycles. The fraction of sp³-hybridized carbons (Fsp3) is 0.167. The third-order valence-corrected chi connectivity index (χ3v) is 2.06. The van der Waals surface area contributed by atoms with E-state index in [1.54, 1.807) is 6.07 Å². The van der Waals surface area contributed by atoms with Gasteiger partial charge in [0.25, 0.3) is 0 Å². The van der Waals surface area contributed by atoms with Crippen LogP contribution in [0.2, 0.25) is 0 Å². The first-order valence-corrected chi connectivity index (χ1v) is 3.44. The summed E-state index contributed by atoms with van der Waals surface area (Å²) in [6, 6.07) is 3.72. The minimum atomic E-state index is -0.0897. The molecule has 3 N–H and O–H groups in total. The largest absolute Gasteiger partial charge is 0.351 e. The molecule has 3 heteroatoms. The Hall–Kier alpha value is -0.670. The third-order valence-electron chi connectivity index (χ3n) is 1.02. The maximum absolute atomic E-state index is 10.6. The topological polar surface area (TPSA) is 44.7 Å². The SMILES string of the molecule is Cc1ccc(C([NH3+])=O)s1. The first-order valence-electron chi connectivity index (χ1n) is 2.63. The average Bonchev–Trinajstić information content (AvgIpc) is 2.14. The molecule has 0 bridgehead atoms. The van der Waals surface area contributed by atoms with Crippen molar-refractivity contribution in [1.82, 2.24) is 0 Å². The van der Waals surface area contributed by atoms with Gasteiger partial charge in [0.15, 0.2) is 0 Å². The number of rotatable bonds is 1. The second-order valence-corrected chi connectivity index (χ2v) is 3.12. The molecule has 0 saturated carbocycles. The van der Waals surface area contributed by atoms with E-state index in [0.29, 0.717) is 0 Å². The summed E-state index contributed by atoms with van der Waals surface area (Å²) in [5, 5.41) is 0. The van der Waals surface area contributed by atoms with Gasteiger partial charge in [0.1, 0.15) is 4.88 Å². The Morgan fingerprint density at radius 3 is 2.56 bits per heavy atom. The predicted octanol–water partition coefficient (Wildman–Crippen LogP) is 0.439. The maximum atomic E-state index is 10.6. The van der Waals surface area contributed by atoms with E-state index >= 15 is 0 Å². The van der Waals surface area contributed by atoms with Gasteiger partial charge in [-0.05, 0) is 19.1 Å². The highest BCUT2D eigenvalue weighted by atomic mass is 32.1. The molecule has 9 heavy (non-hydrogen) atoms. The van der Waals surface area contributed by atoms with Crippen LogP contribution in [0.3, 0.4) is 0 Å². The van der Waals surface area contributed by atoms with Gasteiger partial charge in [0.05, 0.1) is 0 Å². The van der Waals surface area contributed by atoms with Crippen LogP contribution in [-0.2, 0) is 0 Å². The molecule has 1 aromatic rings. The molecule has 1 rings (SSSR count). The van der Waals surface area contributed by atoms with Crippen molar-refractivity contribution < 1.29 is 10.5 Å². The third kappa shape index (κ3) is 1.37. The molecule has 0 atom stereocenters. The zero-order chi connectivity index (χ0) is 6.85. The normalized spacial score (nSPS) is 9.56. The molecule has 1 aromatic heterocycles. The summed E-state index contributed by atoms with van der Waals surface area (Å²) in [6.45, 7) is 1.97. The Bertz CT molecular complexity index is 229. The van der Waals surface area contributed by atoms with Gasteiger partial charge in [-0.2, -0.15) is 0 Å². The van der Waals surface area contributed by atoms with Crippen molar-refractivity contribution in [3.63, 3.8) is 0 Å². The van der Waals surface area contributed by atoms with Crippen LogP contribution < -0.4 is 5.73 Å². The fourth-order valence-electron chi connectivity index (χ4n) is 0.584. The molecule has 0 spiro atoms. The number of quaternary nitrogens is 1. The van der Waals surface area contributed by atoms with Crippen LogP contribution in [0.25, 0.3) is 0 Å². The number of aryl methyl sites for hydroxylation is 1. The van der Waals surface area contributed by atoms with Crippen LogP contribution >= 0.6 is 11.3 Å². The smallest absolute Gasteiger partial charge is 0.289 e. The molecule has 1 amide bonds. The zero-order valence-corrected chi connectivity index (χ0v) is 5.99. The molecular formula is C6H8NOS+. The van der Waals surface area contributed by atoms with Gasteiger partial charge < -0.3 is 0 Å². The molecule has 0 aromatic carbocycles. The van der Waals surface area contributed by atoms with Crippen molar-refractivity contribution in [3.8, 4) is 0 Å². The molecule has 0 radical (unpaired) electrons. The molecule has 2 nitrogen and oxygen atoms in total. The minimum Gasteiger partial charge on any atom is -0.289 e. The van der Waals surface area contributed by atoms with E-state index in [1.165, 1.54) is 11.3 Å². The molecule has 0 saturated heterocycles. The highest BCUT2D eigenvalue weighted by Crippen LogP contribution is 2.12. The minimum absolute atomic E-state index is 0.0897. The summed E-state index contributed by atoms with van der Waals surface area (Å²) in [6.07, 6.45) is 0. The first kappa shape index (κ1) is 6.45. The number of thiophene rings is 1. The van der Waals surface area contributed by atoms with Crippen molar-refractivity contribution in [1.29, 1.82) is 0 Å². The average molecular weight is 142 g/mol. The quantitative estimate of drug-likeness (QED) is 0.607. The van der Waals surface area contributed by atoms with Gasteiger partial charge in [-0.1, -0.05) is 0 Å². The summed E-state index contributed by atoms with van der Waals surface area (Å²) < 4.78 is 0. The van der Waals surface area contributed by atoms with Gasteiger partial charge in [-0.25, -0.2) is 4.79 Å². The summed E-state index contributed by atoms with van der Waals surface area (Å²) in [5.41, 5.74) is 3.29. The van der Waals surface area contributed by atoms with Gasteiger partial charge in [-0.15, -0.1) is 11.3 Å². The molecule has 0 unspecified atom stereocenters. The Morgan fingerprint density at radius 2 is 2.33 bits per heavy atom. The van der Waals surface area contributed by atoms with E-state index in [-0.39, 0.29) is 5.91 Å². The van der Waals surface area contributed by atoms with Crippen LogP contribution in [0, 0.1) is 6.92 Å². The molecular weight excluding hydrogens is 134 g/mol. The van der Waals surface area contributed by atoms with Gasteiger partial charge in [-0.3, -0.25) is 5.73 Å². The Kier molecular flexibility index (Phi) is 1.64. The highest BCUT2D eigenvalue weighted by molar-refractivity contribution is 7.13. The van der Waals surface area contributed by atoms with Crippen LogP contribution in [0.15, 0.2) is 12.1 Å². The van der Waals surface area contributed by atoms with E-state index in [4.69, 9.17) is 0 Å². The number of carbonyl (C=O) groups excluding carboxylic acids is 1. The van der Waals surface area contributed by atoms with Gasteiger partial charge in [0.2, 0.25) is 0 Å². The lowest BCUT2D eigenvalue weighted by Gasteiger charge is -1.77. The van der Waals surface area contributed by atoms with Crippen molar-refractivity contribution >= 4 is 17.2 Å². The van der Waals surface area contributed by atoms with Crippen molar-refractivity contribution in [2.75, 3.05) is 0 Å². The molecule has 0 aliphatic carbocycles. The lowest BCUT2D eigenvalue weighted by Crippen LogP contribution is -2.56. The summed E-state index contributed by atoms with van der Waals surface area (Å²) in [4.78, 5) is 12.5. The lowest BCUT2D eigenvalue weighted by atomic mass is 10.4. The van der Waals surface area contributed by atoms with Crippen molar-refractivity contribution in [2.24, 2.45) is 0 Å².